The monoisotopic (exact) mass is 314 g/mol. The van der Waals surface area contributed by atoms with Crippen molar-refractivity contribution in [2.75, 3.05) is 18.5 Å². The van der Waals surface area contributed by atoms with Crippen molar-refractivity contribution in [3.8, 4) is 17.5 Å². The predicted molar refractivity (Wildman–Crippen MR) is 80.8 cm³/mol. The number of ether oxygens (including phenoxy) is 1. The Hall–Kier alpha value is -2.92. The summed E-state index contributed by atoms with van der Waals surface area (Å²) in [5, 5.41) is 22.9. The second-order valence-electron chi connectivity index (χ2n) is 5.13. The molecular formula is C15H14N4O4. The van der Waals surface area contributed by atoms with E-state index in [1.54, 1.807) is 0 Å². The molecule has 0 amide bonds. The quantitative estimate of drug-likeness (QED) is 0.666. The molecule has 23 heavy (non-hydrogen) atoms. The number of nitro benzene ring substituents is 1. The average Bonchev–Trinajstić information content (AvgIpc) is 3.22. The van der Waals surface area contributed by atoms with E-state index in [1.807, 2.05) is 6.07 Å². The Morgan fingerprint density at radius 2 is 2.22 bits per heavy atom. The maximum atomic E-state index is 10.7. The minimum atomic E-state index is -0.478. The third kappa shape index (κ3) is 3.30. The highest BCUT2D eigenvalue weighted by Gasteiger charge is 2.19. The Balaban J connectivity index is 1.77. The molecular weight excluding hydrogens is 300 g/mol. The van der Waals surface area contributed by atoms with Crippen LogP contribution in [0.2, 0.25) is 0 Å². The fourth-order valence-electron chi connectivity index (χ4n) is 2.38. The van der Waals surface area contributed by atoms with Crippen molar-refractivity contribution in [3.05, 3.63) is 40.1 Å². The number of nitrogens with one attached hydrogen (secondary N) is 1. The minimum Gasteiger partial charge on any atom is -0.419 e. The van der Waals surface area contributed by atoms with Crippen LogP contribution in [0, 0.1) is 21.4 Å². The molecule has 1 N–H and O–H groups in total. The zero-order chi connectivity index (χ0) is 16.2. The molecule has 1 atom stereocenters. The average molecular weight is 314 g/mol. The third-order valence-electron chi connectivity index (χ3n) is 3.57. The molecule has 2 aromatic rings. The molecule has 1 aromatic heterocycles. The second-order valence-corrected chi connectivity index (χ2v) is 5.13. The van der Waals surface area contributed by atoms with Crippen LogP contribution in [-0.4, -0.2) is 29.2 Å². The summed E-state index contributed by atoms with van der Waals surface area (Å²) in [7, 11) is 0. The zero-order valence-corrected chi connectivity index (χ0v) is 12.2. The molecule has 0 spiro atoms. The third-order valence-corrected chi connectivity index (χ3v) is 3.57. The van der Waals surface area contributed by atoms with Crippen molar-refractivity contribution in [3.63, 3.8) is 0 Å². The summed E-state index contributed by atoms with van der Waals surface area (Å²) in [6, 6.07) is 7.78. The molecule has 0 radical (unpaired) electrons. The number of rotatable bonds is 5. The first kappa shape index (κ1) is 15.0. The van der Waals surface area contributed by atoms with Gasteiger partial charge >= 0.3 is 0 Å². The lowest BCUT2D eigenvalue weighted by molar-refractivity contribution is -0.384. The Bertz CT molecular complexity index is 742. The minimum absolute atomic E-state index is 0.0162. The van der Waals surface area contributed by atoms with Gasteiger partial charge in [0, 0.05) is 30.8 Å². The fourth-order valence-corrected chi connectivity index (χ4v) is 2.38. The van der Waals surface area contributed by atoms with Crippen molar-refractivity contribution in [1.82, 2.24) is 4.98 Å². The first-order chi connectivity index (χ1) is 11.2. The second kappa shape index (κ2) is 6.46. The first-order valence-corrected chi connectivity index (χ1v) is 7.18. The van der Waals surface area contributed by atoms with Gasteiger partial charge in [-0.15, -0.1) is 0 Å². The lowest BCUT2D eigenvalue weighted by Crippen LogP contribution is -2.18. The summed E-state index contributed by atoms with van der Waals surface area (Å²) in [5.74, 6) is 0.530. The summed E-state index contributed by atoms with van der Waals surface area (Å²) < 4.78 is 11.1. The molecule has 1 unspecified atom stereocenters. The lowest BCUT2D eigenvalue weighted by atomic mass is 10.2. The van der Waals surface area contributed by atoms with E-state index < -0.39 is 4.92 Å². The number of anilines is 1. The Labute approximate surface area is 131 Å². The predicted octanol–water partition coefficient (Wildman–Crippen LogP) is 2.71. The molecule has 1 fully saturated rings. The van der Waals surface area contributed by atoms with E-state index in [0.717, 1.165) is 19.4 Å². The van der Waals surface area contributed by atoms with E-state index in [4.69, 9.17) is 14.4 Å². The van der Waals surface area contributed by atoms with E-state index in [0.29, 0.717) is 12.1 Å². The summed E-state index contributed by atoms with van der Waals surface area (Å²) in [4.78, 5) is 14.3. The van der Waals surface area contributed by atoms with Gasteiger partial charge in [0.2, 0.25) is 17.5 Å². The Morgan fingerprint density at radius 1 is 1.43 bits per heavy atom. The van der Waals surface area contributed by atoms with Gasteiger partial charge in [-0.2, -0.15) is 10.2 Å². The topological polar surface area (TPSA) is 114 Å². The number of nitrogens with zero attached hydrogens (tertiary/aromatic N) is 3. The molecule has 3 rings (SSSR count). The molecule has 1 saturated heterocycles. The van der Waals surface area contributed by atoms with E-state index >= 15 is 0 Å². The van der Waals surface area contributed by atoms with E-state index in [-0.39, 0.29) is 29.3 Å². The number of benzene rings is 1. The van der Waals surface area contributed by atoms with Gasteiger partial charge in [-0.25, -0.2) is 0 Å². The highest BCUT2D eigenvalue weighted by Crippen LogP contribution is 2.27. The highest BCUT2D eigenvalue weighted by molar-refractivity contribution is 5.60. The van der Waals surface area contributed by atoms with Gasteiger partial charge in [0.25, 0.3) is 5.69 Å². The molecule has 1 aliphatic rings. The van der Waals surface area contributed by atoms with Crippen LogP contribution >= 0.6 is 0 Å². The van der Waals surface area contributed by atoms with Gasteiger partial charge in [-0.3, -0.25) is 10.1 Å². The number of non-ortho nitro benzene ring substituents is 1. The van der Waals surface area contributed by atoms with Crippen LogP contribution in [0.4, 0.5) is 11.6 Å². The van der Waals surface area contributed by atoms with Crippen molar-refractivity contribution in [2.45, 2.75) is 18.9 Å². The first-order valence-electron chi connectivity index (χ1n) is 7.18. The maximum Gasteiger partial charge on any atom is 0.269 e. The van der Waals surface area contributed by atoms with Crippen molar-refractivity contribution < 1.29 is 14.1 Å². The molecule has 8 heteroatoms. The Kier molecular flexibility index (Phi) is 4.21. The number of oxazole rings is 1. The SMILES string of the molecule is N#Cc1nc(-c2ccc([N+](=O)[O-])cc2)oc1NCC1CCCO1. The number of aromatic nitrogens is 1. The van der Waals surface area contributed by atoms with E-state index in [1.165, 1.54) is 24.3 Å². The summed E-state index contributed by atoms with van der Waals surface area (Å²) in [6.07, 6.45) is 2.11. The molecule has 1 aromatic carbocycles. The van der Waals surface area contributed by atoms with Gasteiger partial charge in [0.1, 0.15) is 6.07 Å². The van der Waals surface area contributed by atoms with Gasteiger partial charge in [0.05, 0.1) is 11.0 Å². The van der Waals surface area contributed by atoms with Crippen LogP contribution < -0.4 is 5.32 Å². The molecule has 1 aliphatic heterocycles. The number of nitriles is 1. The van der Waals surface area contributed by atoms with Crippen LogP contribution in [0.5, 0.6) is 0 Å². The number of hydrogen-bond donors (Lipinski definition) is 1. The molecule has 2 heterocycles. The largest absolute Gasteiger partial charge is 0.419 e. The van der Waals surface area contributed by atoms with E-state index in [9.17, 15) is 10.1 Å². The van der Waals surface area contributed by atoms with Gasteiger partial charge in [-0.05, 0) is 25.0 Å². The number of nitro groups is 1. The fraction of sp³-hybridized carbons (Fsp3) is 0.333. The van der Waals surface area contributed by atoms with Crippen LogP contribution in [0.1, 0.15) is 18.5 Å². The lowest BCUT2D eigenvalue weighted by Gasteiger charge is -2.09. The van der Waals surface area contributed by atoms with Crippen molar-refractivity contribution in [1.29, 1.82) is 5.26 Å². The van der Waals surface area contributed by atoms with Crippen LogP contribution in [-0.2, 0) is 4.74 Å². The smallest absolute Gasteiger partial charge is 0.269 e. The summed E-state index contributed by atoms with van der Waals surface area (Å²) in [5.41, 5.74) is 0.700. The van der Waals surface area contributed by atoms with E-state index in [2.05, 4.69) is 10.3 Å². The molecule has 0 saturated carbocycles. The summed E-state index contributed by atoms with van der Waals surface area (Å²) in [6.45, 7) is 1.30. The van der Waals surface area contributed by atoms with Crippen molar-refractivity contribution >= 4 is 11.6 Å². The van der Waals surface area contributed by atoms with Crippen LogP contribution in [0.15, 0.2) is 28.7 Å². The van der Waals surface area contributed by atoms with Crippen molar-refractivity contribution in [2.24, 2.45) is 0 Å². The number of hydrogen-bond acceptors (Lipinski definition) is 7. The summed E-state index contributed by atoms with van der Waals surface area (Å²) >= 11 is 0. The van der Waals surface area contributed by atoms with Gasteiger partial charge < -0.3 is 14.5 Å². The maximum absolute atomic E-state index is 10.7. The highest BCUT2D eigenvalue weighted by atomic mass is 16.6. The molecule has 8 nitrogen and oxygen atoms in total. The molecule has 0 bridgehead atoms. The zero-order valence-electron chi connectivity index (χ0n) is 12.2. The van der Waals surface area contributed by atoms with Crippen LogP contribution in [0.3, 0.4) is 0 Å². The normalized spacial score (nSPS) is 16.9. The Morgan fingerprint density at radius 3 is 2.83 bits per heavy atom. The van der Waals surface area contributed by atoms with Gasteiger partial charge in [0.15, 0.2) is 0 Å². The molecule has 118 valence electrons. The van der Waals surface area contributed by atoms with Gasteiger partial charge in [-0.1, -0.05) is 0 Å². The molecule has 0 aliphatic carbocycles. The van der Waals surface area contributed by atoms with Crippen LogP contribution in [0.25, 0.3) is 11.5 Å². The standard InChI is InChI=1S/C15H14N4O4/c16-8-13-15(17-9-12-2-1-7-22-12)23-14(18-13)10-3-5-11(6-4-10)19(20)21/h3-6,12,17H,1-2,7,9H2.